The van der Waals surface area contributed by atoms with Crippen LogP contribution in [0.25, 0.3) is 0 Å². The lowest BCUT2D eigenvalue weighted by molar-refractivity contribution is -0.187. The van der Waals surface area contributed by atoms with Crippen molar-refractivity contribution in [2.75, 3.05) is 26.7 Å². The topological polar surface area (TPSA) is 114 Å². The Morgan fingerprint density at radius 2 is 1.74 bits per heavy atom. The number of likely N-dealkylation sites (N-methyl/N-ethyl adjacent to an activating group) is 1. The third kappa shape index (κ3) is 6.91. The lowest BCUT2D eigenvalue weighted by atomic mass is 10.0. The number of benzene rings is 2. The summed E-state index contributed by atoms with van der Waals surface area (Å²) in [5.74, 6) is -2.07. The number of fused-ring (bicyclic) bond motifs is 1. The summed E-state index contributed by atoms with van der Waals surface area (Å²) in [5.41, 5.74) is 1.91. The SMILES string of the molecule is CN1CC(=O)N2C(CN(CCCCc3ccccc3)C(=O)[C@@H]2CCC(=O)O)N1C(=O)NCc1ccc(F)cc1. The van der Waals surface area contributed by atoms with Crippen LogP contribution in [-0.2, 0) is 27.3 Å². The van der Waals surface area contributed by atoms with E-state index >= 15 is 0 Å². The summed E-state index contributed by atoms with van der Waals surface area (Å²) in [5, 5.41) is 15.0. The van der Waals surface area contributed by atoms with Crippen molar-refractivity contribution in [1.82, 2.24) is 25.1 Å². The zero-order valence-corrected chi connectivity index (χ0v) is 22.0. The highest BCUT2D eigenvalue weighted by molar-refractivity contribution is 5.91. The number of aryl methyl sites for hydroxylation is 1. The molecule has 2 saturated heterocycles. The first-order valence-electron chi connectivity index (χ1n) is 13.1. The van der Waals surface area contributed by atoms with Crippen LogP contribution in [0.4, 0.5) is 9.18 Å². The van der Waals surface area contributed by atoms with Crippen LogP contribution in [0.1, 0.15) is 36.8 Å². The largest absolute Gasteiger partial charge is 0.481 e. The molecule has 0 saturated carbocycles. The minimum absolute atomic E-state index is 0.0360. The van der Waals surface area contributed by atoms with Gasteiger partial charge in [0.15, 0.2) is 0 Å². The van der Waals surface area contributed by atoms with E-state index in [1.807, 2.05) is 18.2 Å². The smallest absolute Gasteiger partial charge is 0.334 e. The first kappa shape index (κ1) is 28.0. The van der Waals surface area contributed by atoms with Gasteiger partial charge >= 0.3 is 12.0 Å². The number of hydrogen-bond donors (Lipinski definition) is 2. The Kier molecular flexibility index (Phi) is 9.13. The van der Waals surface area contributed by atoms with Crippen molar-refractivity contribution in [3.05, 3.63) is 71.5 Å². The summed E-state index contributed by atoms with van der Waals surface area (Å²) in [4.78, 5) is 54.3. The molecule has 4 rings (SSSR count). The summed E-state index contributed by atoms with van der Waals surface area (Å²) in [6.07, 6.45) is 1.34. The summed E-state index contributed by atoms with van der Waals surface area (Å²) in [6, 6.07) is 14.4. The summed E-state index contributed by atoms with van der Waals surface area (Å²) in [7, 11) is 1.62. The molecule has 2 aromatic carbocycles. The highest BCUT2D eigenvalue weighted by Crippen LogP contribution is 2.28. The van der Waals surface area contributed by atoms with Gasteiger partial charge in [-0.3, -0.25) is 14.4 Å². The molecule has 39 heavy (non-hydrogen) atoms. The van der Waals surface area contributed by atoms with Crippen LogP contribution < -0.4 is 5.32 Å². The second kappa shape index (κ2) is 12.7. The lowest BCUT2D eigenvalue weighted by Gasteiger charge is -2.54. The first-order valence-corrected chi connectivity index (χ1v) is 13.1. The van der Waals surface area contributed by atoms with Gasteiger partial charge in [0.05, 0.1) is 13.1 Å². The van der Waals surface area contributed by atoms with Crippen molar-refractivity contribution >= 4 is 23.8 Å². The van der Waals surface area contributed by atoms with Crippen LogP contribution in [-0.4, -0.2) is 87.6 Å². The van der Waals surface area contributed by atoms with Crippen molar-refractivity contribution in [3.8, 4) is 0 Å². The lowest BCUT2D eigenvalue weighted by Crippen LogP contribution is -2.76. The van der Waals surface area contributed by atoms with Gasteiger partial charge in [-0.05, 0) is 48.9 Å². The molecule has 0 radical (unpaired) electrons. The fourth-order valence-electron chi connectivity index (χ4n) is 5.18. The number of carbonyl (C=O) groups excluding carboxylic acids is 3. The predicted octanol–water partition coefficient (Wildman–Crippen LogP) is 2.45. The number of unbranched alkanes of at least 4 members (excludes halogenated alkanes) is 1. The maximum absolute atomic E-state index is 13.5. The van der Waals surface area contributed by atoms with Gasteiger partial charge < -0.3 is 20.2 Å². The number of rotatable bonds is 10. The van der Waals surface area contributed by atoms with E-state index in [1.165, 1.54) is 32.6 Å². The van der Waals surface area contributed by atoms with Crippen molar-refractivity contribution in [2.45, 2.75) is 50.9 Å². The highest BCUT2D eigenvalue weighted by atomic mass is 19.1. The van der Waals surface area contributed by atoms with Crippen molar-refractivity contribution in [1.29, 1.82) is 0 Å². The Hall–Kier alpha value is -3.99. The second-order valence-electron chi connectivity index (χ2n) is 9.90. The quantitative estimate of drug-likeness (QED) is 0.449. The van der Waals surface area contributed by atoms with Gasteiger partial charge in [0, 0.05) is 26.6 Å². The molecule has 2 aliphatic heterocycles. The van der Waals surface area contributed by atoms with E-state index in [0.717, 1.165) is 19.3 Å². The highest BCUT2D eigenvalue weighted by Gasteiger charge is 2.50. The van der Waals surface area contributed by atoms with E-state index in [2.05, 4.69) is 17.4 Å². The van der Waals surface area contributed by atoms with E-state index in [0.29, 0.717) is 12.1 Å². The number of aliphatic carboxylic acids is 1. The molecule has 0 aromatic heterocycles. The van der Waals surface area contributed by atoms with E-state index in [9.17, 15) is 28.7 Å². The number of hydrogen-bond acceptors (Lipinski definition) is 5. The Balaban J connectivity index is 1.49. The number of hydrazine groups is 1. The number of carboxylic acid groups (broad SMARTS) is 1. The normalized spacial score (nSPS) is 19.7. The Bertz CT molecular complexity index is 1180. The molecule has 0 bridgehead atoms. The van der Waals surface area contributed by atoms with Gasteiger partial charge in [0.2, 0.25) is 11.8 Å². The maximum Gasteiger partial charge on any atom is 0.334 e. The molecule has 1 unspecified atom stereocenters. The first-order chi connectivity index (χ1) is 18.7. The van der Waals surface area contributed by atoms with Crippen LogP contribution in [0.3, 0.4) is 0 Å². The van der Waals surface area contributed by atoms with Gasteiger partial charge in [-0.2, -0.15) is 0 Å². The summed E-state index contributed by atoms with van der Waals surface area (Å²) < 4.78 is 13.3. The Morgan fingerprint density at radius 1 is 1.03 bits per heavy atom. The van der Waals surface area contributed by atoms with E-state index in [-0.39, 0.29) is 50.1 Å². The minimum atomic E-state index is -1.06. The number of amides is 4. The molecule has 0 aliphatic carbocycles. The van der Waals surface area contributed by atoms with Gasteiger partial charge in [0.25, 0.3) is 0 Å². The van der Waals surface area contributed by atoms with Crippen LogP contribution >= 0.6 is 0 Å². The number of urea groups is 1. The number of piperazine rings is 1. The van der Waals surface area contributed by atoms with Gasteiger partial charge in [-0.15, -0.1) is 0 Å². The average molecular weight is 540 g/mol. The van der Waals surface area contributed by atoms with Gasteiger partial charge in [-0.1, -0.05) is 42.5 Å². The molecule has 2 atom stereocenters. The van der Waals surface area contributed by atoms with E-state index in [4.69, 9.17) is 0 Å². The van der Waals surface area contributed by atoms with Crippen molar-refractivity contribution in [3.63, 3.8) is 0 Å². The monoisotopic (exact) mass is 539 g/mol. The number of nitrogens with one attached hydrogen (secondary N) is 1. The molecule has 2 aromatic rings. The van der Waals surface area contributed by atoms with Gasteiger partial charge in [0.1, 0.15) is 18.0 Å². The molecule has 4 amide bonds. The van der Waals surface area contributed by atoms with Crippen LogP contribution in [0, 0.1) is 5.82 Å². The van der Waals surface area contributed by atoms with Crippen molar-refractivity contribution in [2.24, 2.45) is 0 Å². The maximum atomic E-state index is 13.5. The van der Waals surface area contributed by atoms with E-state index in [1.54, 1.807) is 24.1 Å². The molecule has 2 fully saturated rings. The summed E-state index contributed by atoms with van der Waals surface area (Å²) >= 11 is 0. The Labute approximate surface area is 226 Å². The van der Waals surface area contributed by atoms with Crippen molar-refractivity contribution < 1.29 is 28.7 Å². The third-order valence-corrected chi connectivity index (χ3v) is 7.12. The molecular weight excluding hydrogens is 505 g/mol. The second-order valence-corrected chi connectivity index (χ2v) is 9.90. The van der Waals surface area contributed by atoms with Crippen LogP contribution in [0.5, 0.6) is 0 Å². The number of halogens is 1. The number of nitrogens with zero attached hydrogens (tertiary/aromatic N) is 4. The van der Waals surface area contributed by atoms with Crippen LogP contribution in [0.15, 0.2) is 54.6 Å². The fraction of sp³-hybridized carbons (Fsp3) is 0.429. The molecule has 2 N–H and O–H groups in total. The van der Waals surface area contributed by atoms with E-state index < -0.39 is 24.2 Å². The number of carboxylic acids is 1. The third-order valence-electron chi connectivity index (χ3n) is 7.12. The molecule has 2 aliphatic rings. The predicted molar refractivity (Wildman–Crippen MR) is 140 cm³/mol. The number of carbonyl (C=O) groups is 4. The molecule has 11 heteroatoms. The molecule has 208 valence electrons. The zero-order valence-electron chi connectivity index (χ0n) is 22.0. The zero-order chi connectivity index (χ0) is 27.9. The summed E-state index contributed by atoms with van der Waals surface area (Å²) in [6.45, 7) is 0.569. The Morgan fingerprint density at radius 3 is 2.44 bits per heavy atom. The molecule has 2 heterocycles. The molecular formula is C28H34FN5O5. The van der Waals surface area contributed by atoms with Crippen LogP contribution in [0.2, 0.25) is 0 Å². The molecule has 10 nitrogen and oxygen atoms in total. The minimum Gasteiger partial charge on any atom is -0.481 e. The average Bonchev–Trinajstić information content (AvgIpc) is 2.91. The van der Waals surface area contributed by atoms with Gasteiger partial charge in [-0.25, -0.2) is 19.2 Å². The molecule has 0 spiro atoms. The fourth-order valence-corrected chi connectivity index (χ4v) is 5.18. The standard InChI is InChI=1S/C28H34FN5O5/c1-31-19-25(35)33-23(14-15-26(36)37)27(38)32(16-6-5-9-20-7-3-2-4-8-20)18-24(33)34(31)28(39)30-17-21-10-12-22(29)13-11-21/h2-4,7-8,10-13,23-24H,5-6,9,14-19H2,1H3,(H,30,39)(H,36,37)/t23-,24?/m0/s1.